The van der Waals surface area contributed by atoms with Gasteiger partial charge in [0.05, 0.1) is 6.61 Å². The molecule has 0 saturated heterocycles. The summed E-state index contributed by atoms with van der Waals surface area (Å²) in [4.78, 5) is 11.7. The van der Waals surface area contributed by atoms with Gasteiger partial charge in [-0.1, -0.05) is 27.2 Å². The molecule has 2 atom stereocenters. The van der Waals surface area contributed by atoms with Gasteiger partial charge in [-0.25, -0.2) is 4.79 Å². The second-order valence-electron chi connectivity index (χ2n) is 5.77. The average molecular weight is 254 g/mol. The fourth-order valence-corrected chi connectivity index (χ4v) is 3.04. The van der Waals surface area contributed by atoms with Crippen LogP contribution in [0.1, 0.15) is 47.0 Å². The van der Waals surface area contributed by atoms with Crippen molar-refractivity contribution in [2.75, 3.05) is 6.61 Å². The molecule has 1 heterocycles. The van der Waals surface area contributed by atoms with Crippen LogP contribution in [0.25, 0.3) is 0 Å². The number of carbonyl (C=O) groups excluding carboxylic acids is 1. The van der Waals surface area contributed by atoms with Crippen LogP contribution in [0.4, 0.5) is 0 Å². The zero-order valence-electron chi connectivity index (χ0n) is 11.6. The number of ether oxygens (including phenoxy) is 3. The lowest BCUT2D eigenvalue weighted by molar-refractivity contribution is -0.267. The van der Waals surface area contributed by atoms with Gasteiger partial charge in [0.15, 0.2) is 0 Å². The van der Waals surface area contributed by atoms with Crippen molar-refractivity contribution in [3.05, 3.63) is 12.0 Å². The van der Waals surface area contributed by atoms with E-state index in [4.69, 9.17) is 14.2 Å². The molecule has 0 radical (unpaired) electrons. The summed E-state index contributed by atoms with van der Waals surface area (Å²) in [7, 11) is 0. The van der Waals surface area contributed by atoms with Gasteiger partial charge in [-0.2, -0.15) is 0 Å². The van der Waals surface area contributed by atoms with Gasteiger partial charge in [-0.15, -0.1) is 0 Å². The smallest absolute Gasteiger partial charge is 0.377 e. The predicted molar refractivity (Wildman–Crippen MR) is 66.4 cm³/mol. The highest BCUT2D eigenvalue weighted by atomic mass is 16.7. The number of hydrogen-bond donors (Lipinski definition) is 0. The minimum atomic E-state index is -0.715. The zero-order valence-corrected chi connectivity index (χ0v) is 11.6. The summed E-state index contributed by atoms with van der Waals surface area (Å²) < 4.78 is 16.7. The van der Waals surface area contributed by atoms with Crippen molar-refractivity contribution in [3.63, 3.8) is 0 Å². The number of esters is 1. The van der Waals surface area contributed by atoms with Crippen LogP contribution in [-0.4, -0.2) is 18.4 Å². The number of carbonyl (C=O) groups is 1. The summed E-state index contributed by atoms with van der Waals surface area (Å²) in [5, 5.41) is 0. The molecule has 0 aromatic rings. The SMILES string of the molecule is CCOC(=O)C1=COC2(O1)C(C)CCCC2(C)C. The van der Waals surface area contributed by atoms with Crippen LogP contribution < -0.4 is 0 Å². The molecule has 0 aromatic heterocycles. The molecule has 1 aliphatic carbocycles. The Kier molecular flexibility index (Phi) is 3.30. The number of hydrogen-bond acceptors (Lipinski definition) is 4. The molecule has 1 spiro atoms. The van der Waals surface area contributed by atoms with Crippen molar-refractivity contribution in [2.24, 2.45) is 11.3 Å². The van der Waals surface area contributed by atoms with Gasteiger partial charge in [0.25, 0.3) is 5.79 Å². The Morgan fingerprint density at radius 1 is 1.56 bits per heavy atom. The Balaban J connectivity index is 2.18. The standard InChI is InChI=1S/C14H22O4/c1-5-16-12(15)11-9-17-14(18-11)10(2)7-6-8-13(14,3)4/h9-10H,5-8H2,1-4H3. The fraction of sp³-hybridized carbons (Fsp3) is 0.786. The Bertz CT molecular complexity index is 372. The summed E-state index contributed by atoms with van der Waals surface area (Å²) in [6, 6.07) is 0. The molecule has 2 aliphatic rings. The van der Waals surface area contributed by atoms with Crippen LogP contribution in [0.3, 0.4) is 0 Å². The van der Waals surface area contributed by atoms with Crippen molar-refractivity contribution in [2.45, 2.75) is 52.7 Å². The Labute approximate surface area is 108 Å². The molecular formula is C14H22O4. The first-order valence-corrected chi connectivity index (χ1v) is 6.67. The van der Waals surface area contributed by atoms with E-state index in [-0.39, 0.29) is 17.1 Å². The maximum Gasteiger partial charge on any atom is 0.377 e. The normalized spacial score (nSPS) is 33.6. The summed E-state index contributed by atoms with van der Waals surface area (Å²) in [5.74, 6) is -0.709. The summed E-state index contributed by atoms with van der Waals surface area (Å²) in [6.07, 6.45) is 4.66. The molecule has 0 bridgehead atoms. The minimum Gasteiger partial charge on any atom is -0.460 e. The van der Waals surface area contributed by atoms with E-state index < -0.39 is 11.8 Å². The van der Waals surface area contributed by atoms with Crippen LogP contribution in [0.5, 0.6) is 0 Å². The van der Waals surface area contributed by atoms with Crippen molar-refractivity contribution < 1.29 is 19.0 Å². The molecular weight excluding hydrogens is 232 g/mol. The van der Waals surface area contributed by atoms with Crippen molar-refractivity contribution >= 4 is 5.97 Å². The van der Waals surface area contributed by atoms with Gasteiger partial charge in [0.1, 0.15) is 6.26 Å². The topological polar surface area (TPSA) is 44.8 Å². The van der Waals surface area contributed by atoms with E-state index in [0.717, 1.165) is 19.3 Å². The Morgan fingerprint density at radius 3 is 2.89 bits per heavy atom. The fourth-order valence-electron chi connectivity index (χ4n) is 3.04. The monoisotopic (exact) mass is 254 g/mol. The maximum atomic E-state index is 11.7. The van der Waals surface area contributed by atoms with Crippen LogP contribution in [-0.2, 0) is 19.0 Å². The maximum absolute atomic E-state index is 11.7. The number of rotatable bonds is 2. The van der Waals surface area contributed by atoms with Gasteiger partial charge >= 0.3 is 5.97 Å². The lowest BCUT2D eigenvalue weighted by Gasteiger charge is -2.49. The second-order valence-corrected chi connectivity index (χ2v) is 5.77. The lowest BCUT2D eigenvalue weighted by Crippen LogP contribution is -2.53. The van der Waals surface area contributed by atoms with Gasteiger partial charge in [0.2, 0.25) is 5.76 Å². The molecule has 1 saturated carbocycles. The molecule has 4 heteroatoms. The molecule has 4 nitrogen and oxygen atoms in total. The van der Waals surface area contributed by atoms with E-state index in [1.165, 1.54) is 6.26 Å². The van der Waals surface area contributed by atoms with E-state index in [1.54, 1.807) is 6.92 Å². The zero-order chi connectivity index (χ0) is 13.4. The highest BCUT2D eigenvalue weighted by Gasteiger charge is 2.58. The van der Waals surface area contributed by atoms with Crippen LogP contribution in [0.15, 0.2) is 12.0 Å². The van der Waals surface area contributed by atoms with Crippen molar-refractivity contribution in [1.82, 2.24) is 0 Å². The van der Waals surface area contributed by atoms with E-state index >= 15 is 0 Å². The molecule has 2 rings (SSSR count). The van der Waals surface area contributed by atoms with Gasteiger partial charge in [0, 0.05) is 11.3 Å². The van der Waals surface area contributed by atoms with Gasteiger partial charge in [-0.3, -0.25) is 0 Å². The largest absolute Gasteiger partial charge is 0.460 e. The Morgan fingerprint density at radius 2 is 2.28 bits per heavy atom. The van der Waals surface area contributed by atoms with E-state index in [2.05, 4.69) is 20.8 Å². The molecule has 102 valence electrons. The van der Waals surface area contributed by atoms with Gasteiger partial charge < -0.3 is 14.2 Å². The minimum absolute atomic E-state index is 0.116. The molecule has 0 N–H and O–H groups in total. The molecule has 0 amide bonds. The summed E-state index contributed by atoms with van der Waals surface area (Å²) >= 11 is 0. The third-order valence-electron chi connectivity index (χ3n) is 4.11. The third-order valence-corrected chi connectivity index (χ3v) is 4.11. The van der Waals surface area contributed by atoms with Crippen LogP contribution >= 0.6 is 0 Å². The van der Waals surface area contributed by atoms with Crippen molar-refractivity contribution in [1.29, 1.82) is 0 Å². The molecule has 1 fully saturated rings. The highest BCUT2D eigenvalue weighted by Crippen LogP contribution is 2.53. The summed E-state index contributed by atoms with van der Waals surface area (Å²) in [5.41, 5.74) is -0.116. The predicted octanol–water partition coefficient (Wildman–Crippen LogP) is 2.98. The highest BCUT2D eigenvalue weighted by molar-refractivity contribution is 5.86. The van der Waals surface area contributed by atoms with Crippen LogP contribution in [0.2, 0.25) is 0 Å². The summed E-state index contributed by atoms with van der Waals surface area (Å²) in [6.45, 7) is 8.49. The van der Waals surface area contributed by atoms with Crippen LogP contribution in [0, 0.1) is 11.3 Å². The third kappa shape index (κ3) is 1.88. The van der Waals surface area contributed by atoms with Gasteiger partial charge in [-0.05, 0) is 19.8 Å². The first-order valence-electron chi connectivity index (χ1n) is 6.67. The first kappa shape index (κ1) is 13.2. The van der Waals surface area contributed by atoms with E-state index in [0.29, 0.717) is 6.61 Å². The lowest BCUT2D eigenvalue weighted by atomic mass is 9.67. The average Bonchev–Trinajstić information content (AvgIpc) is 2.73. The Hall–Kier alpha value is -1.19. The quantitative estimate of drug-likeness (QED) is 0.711. The second kappa shape index (κ2) is 4.48. The van der Waals surface area contributed by atoms with E-state index in [9.17, 15) is 4.79 Å². The molecule has 2 unspecified atom stereocenters. The molecule has 18 heavy (non-hydrogen) atoms. The van der Waals surface area contributed by atoms with E-state index in [1.807, 2.05) is 0 Å². The first-order chi connectivity index (χ1) is 8.43. The van der Waals surface area contributed by atoms with Crippen molar-refractivity contribution in [3.8, 4) is 0 Å². The molecule has 0 aromatic carbocycles. The molecule has 1 aliphatic heterocycles.